The molecule has 0 aliphatic carbocycles. The second kappa shape index (κ2) is 5.23. The molecule has 0 heterocycles. The van der Waals surface area contributed by atoms with Crippen LogP contribution in [0.15, 0.2) is 18.2 Å². The molecule has 0 saturated heterocycles. The zero-order chi connectivity index (χ0) is 9.68. The van der Waals surface area contributed by atoms with Gasteiger partial charge in [-0.1, -0.05) is 31.0 Å². The maximum Gasteiger partial charge on any atom is 0.127 e. The van der Waals surface area contributed by atoms with E-state index in [1.165, 1.54) is 6.07 Å². The number of benzene rings is 1. The van der Waals surface area contributed by atoms with Crippen molar-refractivity contribution in [2.75, 3.05) is 0 Å². The van der Waals surface area contributed by atoms with Crippen LogP contribution in [0.1, 0.15) is 25.3 Å². The van der Waals surface area contributed by atoms with Gasteiger partial charge in [0.25, 0.3) is 0 Å². The van der Waals surface area contributed by atoms with E-state index in [0.29, 0.717) is 5.02 Å². The average Bonchev–Trinajstić information content (AvgIpc) is 2.09. The summed E-state index contributed by atoms with van der Waals surface area (Å²) in [5.74, 6) is -0.197. The van der Waals surface area contributed by atoms with Crippen LogP contribution in [0.5, 0.6) is 0 Å². The van der Waals surface area contributed by atoms with Crippen molar-refractivity contribution in [3.63, 3.8) is 0 Å². The summed E-state index contributed by atoms with van der Waals surface area (Å²) in [7, 11) is 0. The first kappa shape index (κ1) is 10.5. The molecule has 0 atom stereocenters. The van der Waals surface area contributed by atoms with E-state index < -0.39 is 0 Å². The molecule has 13 heavy (non-hydrogen) atoms. The number of halogens is 2. The van der Waals surface area contributed by atoms with Crippen molar-refractivity contribution in [3.05, 3.63) is 41.0 Å². The van der Waals surface area contributed by atoms with Crippen molar-refractivity contribution in [3.8, 4) is 0 Å². The van der Waals surface area contributed by atoms with Crippen molar-refractivity contribution in [2.24, 2.45) is 0 Å². The Morgan fingerprint density at radius 1 is 1.46 bits per heavy atom. The number of unbranched alkanes of at least 4 members (excludes halogenated alkanes) is 2. The van der Waals surface area contributed by atoms with Crippen LogP contribution in [0.25, 0.3) is 0 Å². The van der Waals surface area contributed by atoms with Gasteiger partial charge < -0.3 is 0 Å². The maximum absolute atomic E-state index is 13.2. The fourth-order valence-corrected chi connectivity index (χ4v) is 1.34. The molecular weight excluding hydrogens is 187 g/mol. The maximum atomic E-state index is 13.2. The molecule has 0 nitrogen and oxygen atoms in total. The lowest BCUT2D eigenvalue weighted by molar-refractivity contribution is 0.607. The van der Waals surface area contributed by atoms with Gasteiger partial charge >= 0.3 is 0 Å². The van der Waals surface area contributed by atoms with Crippen LogP contribution in [0.4, 0.5) is 4.39 Å². The van der Waals surface area contributed by atoms with Crippen LogP contribution in [-0.4, -0.2) is 0 Å². The van der Waals surface area contributed by atoms with Crippen LogP contribution in [0.3, 0.4) is 0 Å². The molecule has 0 aliphatic heterocycles. The first-order valence-electron chi connectivity index (χ1n) is 4.49. The van der Waals surface area contributed by atoms with Gasteiger partial charge in [-0.3, -0.25) is 0 Å². The van der Waals surface area contributed by atoms with Gasteiger partial charge in [-0.25, -0.2) is 4.39 Å². The highest BCUT2D eigenvalue weighted by molar-refractivity contribution is 6.30. The first-order valence-corrected chi connectivity index (χ1v) is 4.87. The monoisotopic (exact) mass is 199 g/mol. The highest BCUT2D eigenvalue weighted by atomic mass is 35.5. The normalized spacial score (nSPS) is 10.4. The first-order chi connectivity index (χ1) is 6.24. The van der Waals surface area contributed by atoms with E-state index in [4.69, 9.17) is 11.6 Å². The fourth-order valence-electron chi connectivity index (χ4n) is 1.19. The average molecular weight is 200 g/mol. The summed E-state index contributed by atoms with van der Waals surface area (Å²) in [6, 6.07) is 4.84. The van der Waals surface area contributed by atoms with Crippen LogP contribution < -0.4 is 0 Å². The zero-order valence-electron chi connectivity index (χ0n) is 7.69. The molecule has 71 valence electrons. The predicted molar refractivity (Wildman–Crippen MR) is 54.3 cm³/mol. The Bertz CT molecular complexity index is 271. The van der Waals surface area contributed by atoms with Gasteiger partial charge in [-0.05, 0) is 37.0 Å². The molecule has 1 rings (SSSR count). The standard InChI is InChI=1S/C11H13ClF/c1-2-3-4-5-9-6-7-10(12)8-11(9)13/h3,6-8H,2,4-5H2,1H3. The summed E-state index contributed by atoms with van der Waals surface area (Å²) in [6.45, 7) is 2.08. The predicted octanol–water partition coefficient (Wildman–Crippen LogP) is 4.03. The molecule has 0 unspecified atom stereocenters. The van der Waals surface area contributed by atoms with E-state index in [0.717, 1.165) is 24.8 Å². The molecule has 0 fully saturated rings. The number of rotatable bonds is 4. The number of aryl methyl sites for hydroxylation is 1. The minimum absolute atomic E-state index is 0.197. The van der Waals surface area contributed by atoms with Gasteiger partial charge in [0.1, 0.15) is 5.82 Å². The van der Waals surface area contributed by atoms with Crippen LogP contribution in [0, 0.1) is 12.2 Å². The van der Waals surface area contributed by atoms with E-state index in [2.05, 4.69) is 13.3 Å². The van der Waals surface area contributed by atoms with Crippen molar-refractivity contribution in [1.82, 2.24) is 0 Å². The smallest absolute Gasteiger partial charge is 0.127 e. The highest BCUT2D eigenvalue weighted by Crippen LogP contribution is 2.16. The topological polar surface area (TPSA) is 0 Å². The van der Waals surface area contributed by atoms with Gasteiger partial charge in [0.2, 0.25) is 0 Å². The molecule has 2 heteroatoms. The number of hydrogen-bond acceptors (Lipinski definition) is 0. The lowest BCUT2D eigenvalue weighted by Gasteiger charge is -2.02. The van der Waals surface area contributed by atoms with Crippen molar-refractivity contribution in [1.29, 1.82) is 0 Å². The molecule has 1 aromatic carbocycles. The van der Waals surface area contributed by atoms with E-state index >= 15 is 0 Å². The van der Waals surface area contributed by atoms with E-state index in [1.54, 1.807) is 12.1 Å². The van der Waals surface area contributed by atoms with Gasteiger partial charge in [0.15, 0.2) is 0 Å². The van der Waals surface area contributed by atoms with Crippen LogP contribution >= 0.6 is 11.6 Å². The summed E-state index contributed by atoms with van der Waals surface area (Å²) in [5, 5.41) is 0.459. The van der Waals surface area contributed by atoms with E-state index in [1.807, 2.05) is 0 Å². The van der Waals surface area contributed by atoms with Crippen molar-refractivity contribution in [2.45, 2.75) is 26.2 Å². The Labute approximate surface area is 83.7 Å². The Kier molecular flexibility index (Phi) is 4.23. The summed E-state index contributed by atoms with van der Waals surface area (Å²) in [6.07, 6.45) is 4.87. The quantitative estimate of drug-likeness (QED) is 0.643. The molecule has 0 bridgehead atoms. The highest BCUT2D eigenvalue weighted by Gasteiger charge is 2.01. The molecule has 1 aromatic rings. The lowest BCUT2D eigenvalue weighted by Crippen LogP contribution is -1.90. The third-order valence-electron chi connectivity index (χ3n) is 1.92. The zero-order valence-corrected chi connectivity index (χ0v) is 8.44. The summed E-state index contributed by atoms with van der Waals surface area (Å²) < 4.78 is 13.2. The second-order valence-corrected chi connectivity index (χ2v) is 3.41. The van der Waals surface area contributed by atoms with E-state index in [-0.39, 0.29) is 5.82 Å². The van der Waals surface area contributed by atoms with Crippen molar-refractivity contribution >= 4 is 11.6 Å². The van der Waals surface area contributed by atoms with Gasteiger partial charge in [0.05, 0.1) is 0 Å². The Hall–Kier alpha value is -0.560. The van der Waals surface area contributed by atoms with E-state index in [9.17, 15) is 4.39 Å². The third kappa shape index (κ3) is 3.35. The number of hydrogen-bond donors (Lipinski definition) is 0. The molecule has 0 aliphatic rings. The summed E-state index contributed by atoms with van der Waals surface area (Å²) in [5.41, 5.74) is 0.745. The summed E-state index contributed by atoms with van der Waals surface area (Å²) in [4.78, 5) is 0. The van der Waals surface area contributed by atoms with Gasteiger partial charge in [-0.15, -0.1) is 0 Å². The largest absolute Gasteiger partial charge is 0.207 e. The van der Waals surface area contributed by atoms with Crippen LogP contribution in [-0.2, 0) is 6.42 Å². The minimum atomic E-state index is -0.197. The summed E-state index contributed by atoms with van der Waals surface area (Å²) >= 11 is 5.63. The van der Waals surface area contributed by atoms with Crippen molar-refractivity contribution < 1.29 is 4.39 Å². The molecule has 0 spiro atoms. The molecule has 0 amide bonds. The Morgan fingerprint density at radius 2 is 2.23 bits per heavy atom. The fraction of sp³-hybridized carbons (Fsp3) is 0.364. The van der Waals surface area contributed by atoms with Gasteiger partial charge in [0, 0.05) is 5.02 Å². The molecule has 0 saturated carbocycles. The Balaban J connectivity index is 2.56. The minimum Gasteiger partial charge on any atom is -0.207 e. The second-order valence-electron chi connectivity index (χ2n) is 2.97. The molecule has 0 aromatic heterocycles. The molecule has 0 N–H and O–H groups in total. The molecular formula is C11H13ClF. The van der Waals surface area contributed by atoms with Gasteiger partial charge in [-0.2, -0.15) is 0 Å². The molecule has 1 radical (unpaired) electrons. The lowest BCUT2D eigenvalue weighted by atomic mass is 10.1. The third-order valence-corrected chi connectivity index (χ3v) is 2.16. The van der Waals surface area contributed by atoms with Crippen LogP contribution in [0.2, 0.25) is 5.02 Å². The SMILES string of the molecule is CC[CH]CCc1ccc(Cl)cc1F. The Morgan fingerprint density at radius 3 is 2.85 bits per heavy atom.